The van der Waals surface area contributed by atoms with Crippen LogP contribution in [0, 0.1) is 12.7 Å². The van der Waals surface area contributed by atoms with Gasteiger partial charge >= 0.3 is 9.26 Å². The molecule has 0 saturated carbocycles. The van der Waals surface area contributed by atoms with Crippen molar-refractivity contribution in [1.29, 1.82) is 0 Å². The molecule has 0 bridgehead atoms. The molecule has 2 atom stereocenters. The quantitative estimate of drug-likeness (QED) is 0.412. The summed E-state index contributed by atoms with van der Waals surface area (Å²) in [6, 6.07) is 9.34. The maximum atomic E-state index is 14.0. The summed E-state index contributed by atoms with van der Waals surface area (Å²) in [6.07, 6.45) is 0. The van der Waals surface area contributed by atoms with Crippen LogP contribution in [-0.4, -0.2) is 10.1 Å². The lowest BCUT2D eigenvalue weighted by atomic mass is 9.99. The van der Waals surface area contributed by atoms with E-state index in [0.29, 0.717) is 17.8 Å². The van der Waals surface area contributed by atoms with Crippen molar-refractivity contribution in [2.75, 3.05) is 10.0 Å². The molecule has 0 heterocycles. The third kappa shape index (κ3) is 5.64. The maximum Gasteiger partial charge on any atom is 0.375 e. The molecule has 1 amide bonds. The van der Waals surface area contributed by atoms with Crippen LogP contribution in [-0.2, 0) is 14.8 Å². The summed E-state index contributed by atoms with van der Waals surface area (Å²) >= 11 is 0. The SMILES string of the molecule is Cc1ccc(NC(=O)C(C)c2ccc(NS(=O)S(F)(F)(F)(F)F)c(F)c2)cc1. The fourth-order valence-electron chi connectivity index (χ4n) is 2.09. The standard InChI is InChI=1S/C16H16F6N2O2S2/c1-10-3-6-13(7-4-10)23-16(25)11(2)12-5-8-15(14(17)9-12)24-27(26)28(18,19,20,21)22/h3-9,11,24H,1-2H3,(H,23,25). The second-order valence-electron chi connectivity index (χ2n) is 6.05. The summed E-state index contributed by atoms with van der Waals surface area (Å²) < 4.78 is 88.1. The minimum absolute atomic E-state index is 0.0887. The number of rotatable bonds is 6. The van der Waals surface area contributed by atoms with Crippen molar-refractivity contribution < 1.29 is 32.8 Å². The van der Waals surface area contributed by atoms with Gasteiger partial charge in [0.05, 0.1) is 11.6 Å². The summed E-state index contributed by atoms with van der Waals surface area (Å²) in [5, 5.41) is 2.59. The molecule has 0 aliphatic rings. The third-order valence-electron chi connectivity index (χ3n) is 3.68. The van der Waals surface area contributed by atoms with E-state index in [-0.39, 0.29) is 5.56 Å². The summed E-state index contributed by atoms with van der Waals surface area (Å²) in [6.45, 7) is 3.29. The number of amides is 1. The Balaban J connectivity index is 2.15. The van der Waals surface area contributed by atoms with Crippen molar-refractivity contribution in [3.63, 3.8) is 0 Å². The molecule has 2 rings (SSSR count). The summed E-state index contributed by atoms with van der Waals surface area (Å²) in [4.78, 5) is 12.2. The lowest BCUT2D eigenvalue weighted by Crippen LogP contribution is -2.21. The Morgan fingerprint density at radius 3 is 2.11 bits per heavy atom. The molecule has 0 radical (unpaired) electrons. The lowest BCUT2D eigenvalue weighted by Gasteiger charge is -2.37. The van der Waals surface area contributed by atoms with Crippen molar-refractivity contribution in [3.05, 3.63) is 59.4 Å². The Morgan fingerprint density at radius 1 is 1.04 bits per heavy atom. The predicted octanol–water partition coefficient (Wildman–Crippen LogP) is 6.17. The van der Waals surface area contributed by atoms with Gasteiger partial charge in [-0.3, -0.25) is 9.52 Å². The fraction of sp³-hybridized carbons (Fsp3) is 0.188. The van der Waals surface area contributed by atoms with Crippen molar-refractivity contribution in [1.82, 2.24) is 0 Å². The molecule has 12 heteroatoms. The van der Waals surface area contributed by atoms with E-state index in [0.717, 1.165) is 16.4 Å². The second-order valence-corrected chi connectivity index (χ2v) is 11.3. The molecule has 0 fully saturated rings. The smallest absolute Gasteiger partial charge is 0.326 e. The first-order valence-electron chi connectivity index (χ1n) is 7.67. The van der Waals surface area contributed by atoms with Crippen LogP contribution < -0.4 is 10.0 Å². The normalized spacial score (nSPS) is 16.4. The zero-order valence-electron chi connectivity index (χ0n) is 14.5. The van der Waals surface area contributed by atoms with Crippen LogP contribution in [0.5, 0.6) is 0 Å². The van der Waals surface area contributed by atoms with Gasteiger partial charge in [-0.05, 0) is 43.7 Å². The minimum Gasteiger partial charge on any atom is -0.326 e. The van der Waals surface area contributed by atoms with Crippen LogP contribution in [0.2, 0.25) is 0 Å². The van der Waals surface area contributed by atoms with Gasteiger partial charge in [-0.1, -0.05) is 43.2 Å². The van der Waals surface area contributed by atoms with E-state index in [2.05, 4.69) is 5.32 Å². The van der Waals surface area contributed by atoms with Crippen LogP contribution in [0.15, 0.2) is 42.5 Å². The van der Waals surface area contributed by atoms with E-state index in [1.165, 1.54) is 6.92 Å². The van der Waals surface area contributed by atoms with Gasteiger partial charge in [0.2, 0.25) is 5.91 Å². The van der Waals surface area contributed by atoms with Crippen molar-refractivity contribution in [2.45, 2.75) is 19.8 Å². The van der Waals surface area contributed by atoms with E-state index in [1.807, 2.05) is 6.92 Å². The summed E-state index contributed by atoms with van der Waals surface area (Å²) in [5.74, 6) is -2.77. The first-order valence-corrected chi connectivity index (χ1v) is 11.3. The van der Waals surface area contributed by atoms with Gasteiger partial charge in [0.1, 0.15) is 5.82 Å². The second kappa shape index (κ2) is 6.69. The predicted molar refractivity (Wildman–Crippen MR) is 99.5 cm³/mol. The zero-order chi connectivity index (χ0) is 21.4. The number of benzene rings is 2. The number of halogens is 6. The molecular weight excluding hydrogens is 430 g/mol. The molecule has 2 unspecified atom stereocenters. The van der Waals surface area contributed by atoms with Crippen molar-refractivity contribution in [2.24, 2.45) is 0 Å². The number of nitrogens with one attached hydrogen (secondary N) is 2. The highest BCUT2D eigenvalue weighted by Gasteiger charge is 2.71. The molecule has 2 aromatic carbocycles. The molecule has 4 nitrogen and oxygen atoms in total. The number of hydrogen-bond acceptors (Lipinski definition) is 2. The summed E-state index contributed by atoms with van der Waals surface area (Å²) in [7, 11) is -15.1. The Kier molecular flexibility index (Phi) is 5.28. The maximum absolute atomic E-state index is 14.0. The molecule has 0 aliphatic carbocycles. The van der Waals surface area contributed by atoms with E-state index >= 15 is 0 Å². The van der Waals surface area contributed by atoms with Crippen molar-refractivity contribution in [3.8, 4) is 0 Å². The van der Waals surface area contributed by atoms with Gasteiger partial charge in [0.25, 0.3) is 10.0 Å². The van der Waals surface area contributed by atoms with Gasteiger partial charge in [0.15, 0.2) is 0 Å². The Bertz CT molecular complexity index is 933. The topological polar surface area (TPSA) is 58.2 Å². The highest BCUT2D eigenvalue weighted by atomic mass is 33.3. The molecule has 0 aromatic heterocycles. The minimum atomic E-state index is -10.3. The van der Waals surface area contributed by atoms with Crippen LogP contribution in [0.3, 0.4) is 0 Å². The molecule has 0 spiro atoms. The highest BCUT2D eigenvalue weighted by Crippen LogP contribution is 2.99. The lowest BCUT2D eigenvalue weighted by molar-refractivity contribution is -0.117. The highest BCUT2D eigenvalue weighted by molar-refractivity contribution is 8.96. The number of hydrogen-bond donors (Lipinski definition) is 2. The van der Waals surface area contributed by atoms with Crippen LogP contribution >= 0.6 is 9.26 Å². The summed E-state index contributed by atoms with van der Waals surface area (Å²) in [5.41, 5.74) is 0.528. The van der Waals surface area contributed by atoms with Gasteiger partial charge in [0, 0.05) is 5.69 Å². The van der Waals surface area contributed by atoms with Crippen LogP contribution in [0.1, 0.15) is 24.0 Å². The van der Waals surface area contributed by atoms with Crippen LogP contribution in [0.25, 0.3) is 0 Å². The average Bonchev–Trinajstić information content (AvgIpc) is 2.55. The Labute approximate surface area is 159 Å². The first kappa shape index (κ1) is 22.1. The van der Waals surface area contributed by atoms with Crippen molar-refractivity contribution >= 4 is 36.6 Å². The van der Waals surface area contributed by atoms with Crippen LogP contribution in [0.4, 0.5) is 35.2 Å². The first-order chi connectivity index (χ1) is 12.6. The molecule has 0 saturated heterocycles. The number of carbonyl (C=O) groups is 1. The number of carbonyl (C=O) groups excluding carboxylic acids is 1. The Hall–Kier alpha value is -2.21. The molecule has 28 heavy (non-hydrogen) atoms. The molecule has 156 valence electrons. The Morgan fingerprint density at radius 2 is 1.61 bits per heavy atom. The van der Waals surface area contributed by atoms with E-state index in [4.69, 9.17) is 0 Å². The number of aryl methyl sites for hydroxylation is 1. The molecule has 2 N–H and O–H groups in total. The van der Waals surface area contributed by atoms with Gasteiger partial charge in [-0.2, -0.15) is 0 Å². The van der Waals surface area contributed by atoms with E-state index in [9.17, 15) is 32.8 Å². The average molecular weight is 446 g/mol. The molecule has 2 aromatic rings. The van der Waals surface area contributed by atoms with E-state index in [1.54, 1.807) is 24.3 Å². The molecule has 0 aliphatic heterocycles. The monoisotopic (exact) mass is 446 g/mol. The number of anilines is 2. The van der Waals surface area contributed by atoms with Gasteiger partial charge < -0.3 is 5.32 Å². The fourth-order valence-corrected chi connectivity index (χ4v) is 3.34. The van der Waals surface area contributed by atoms with Gasteiger partial charge in [-0.25, -0.2) is 8.60 Å². The van der Waals surface area contributed by atoms with E-state index < -0.39 is 42.6 Å². The van der Waals surface area contributed by atoms with Gasteiger partial charge in [-0.15, -0.1) is 0 Å². The third-order valence-corrected chi connectivity index (χ3v) is 6.61. The largest absolute Gasteiger partial charge is 0.375 e. The molecular formula is C16H16F6N2O2S2. The zero-order valence-corrected chi connectivity index (χ0v) is 16.2.